The lowest BCUT2D eigenvalue weighted by molar-refractivity contribution is 0.0709. The molecule has 6 rings (SSSR count). The molecule has 1 atom stereocenters. The lowest BCUT2D eigenvalue weighted by Gasteiger charge is -2.38. The van der Waals surface area contributed by atoms with Crippen molar-refractivity contribution < 1.29 is 9.59 Å². The molecule has 1 aliphatic carbocycles. The molecule has 0 radical (unpaired) electrons. The van der Waals surface area contributed by atoms with Crippen molar-refractivity contribution in [3.05, 3.63) is 99.8 Å². The summed E-state index contributed by atoms with van der Waals surface area (Å²) < 4.78 is 0. The zero-order chi connectivity index (χ0) is 29.4. The van der Waals surface area contributed by atoms with Gasteiger partial charge in [-0.05, 0) is 90.7 Å². The Morgan fingerprint density at radius 3 is 2.52 bits per heavy atom. The van der Waals surface area contributed by atoms with E-state index in [1.807, 2.05) is 48.6 Å². The van der Waals surface area contributed by atoms with Gasteiger partial charge in [-0.25, -0.2) is 4.79 Å². The highest BCUT2D eigenvalue weighted by atomic mass is 35.5. The van der Waals surface area contributed by atoms with E-state index in [0.29, 0.717) is 21.3 Å². The molecule has 1 saturated heterocycles. The fourth-order valence-corrected chi connectivity index (χ4v) is 6.68. The van der Waals surface area contributed by atoms with Gasteiger partial charge in [0, 0.05) is 67.3 Å². The fourth-order valence-electron chi connectivity index (χ4n) is 6.14. The van der Waals surface area contributed by atoms with Gasteiger partial charge in [0.2, 0.25) is 0 Å². The van der Waals surface area contributed by atoms with Crippen LogP contribution in [0.1, 0.15) is 46.8 Å². The zero-order valence-electron chi connectivity index (χ0n) is 23.7. The Hall–Kier alpha value is -3.81. The minimum absolute atomic E-state index is 0.0106. The zero-order valence-corrected chi connectivity index (χ0v) is 25.2. The molecule has 4 aromatic rings. The number of hydrogen-bond donors (Lipinski definition) is 1. The second kappa shape index (κ2) is 11.8. The van der Waals surface area contributed by atoms with Crippen molar-refractivity contribution in [1.29, 1.82) is 0 Å². The first-order chi connectivity index (χ1) is 20.3. The van der Waals surface area contributed by atoms with Gasteiger partial charge in [0.1, 0.15) is 0 Å². The van der Waals surface area contributed by atoms with E-state index < -0.39 is 0 Å². The Labute approximate surface area is 256 Å². The van der Waals surface area contributed by atoms with Crippen LogP contribution in [0, 0.1) is 0 Å². The molecule has 42 heavy (non-hydrogen) atoms. The van der Waals surface area contributed by atoms with Crippen LogP contribution in [0.3, 0.4) is 0 Å². The molecule has 1 N–H and O–H groups in total. The average molecular weight is 603 g/mol. The number of benzene rings is 3. The average Bonchev–Trinajstić information content (AvgIpc) is 3.41. The van der Waals surface area contributed by atoms with Crippen molar-refractivity contribution >= 4 is 57.3 Å². The minimum Gasteiger partial charge on any atom is -0.371 e. The number of fused-ring (bicyclic) bond motifs is 2. The quantitative estimate of drug-likeness (QED) is 0.264. The predicted octanol–water partition coefficient (Wildman–Crippen LogP) is 7.12. The summed E-state index contributed by atoms with van der Waals surface area (Å²) in [6, 6.07) is 19.2. The second-order valence-corrected chi connectivity index (χ2v) is 12.0. The molecule has 0 saturated carbocycles. The van der Waals surface area contributed by atoms with E-state index in [2.05, 4.69) is 33.4 Å². The van der Waals surface area contributed by atoms with E-state index in [4.69, 9.17) is 23.2 Å². The molecule has 1 aromatic heterocycles. The molecule has 1 aliphatic heterocycles. The minimum atomic E-state index is -0.263. The maximum atomic E-state index is 13.6. The highest BCUT2D eigenvalue weighted by Crippen LogP contribution is 2.34. The molecule has 9 heteroatoms. The SMILES string of the molecule is CN(C(=O)NC1CCc2ccc(C(=O)N(C)C3CCN(c4ccc5cnccc5c4)CC3)cc21)c1ccc(Cl)cc1Cl. The van der Waals surface area contributed by atoms with Crippen molar-refractivity contribution in [2.45, 2.75) is 37.8 Å². The van der Waals surface area contributed by atoms with Gasteiger partial charge < -0.3 is 15.1 Å². The molecule has 1 unspecified atom stereocenters. The molecule has 2 heterocycles. The van der Waals surface area contributed by atoms with E-state index in [0.717, 1.165) is 55.3 Å². The lowest BCUT2D eigenvalue weighted by atomic mass is 10.00. The van der Waals surface area contributed by atoms with Crippen molar-refractivity contribution in [3.63, 3.8) is 0 Å². The number of rotatable bonds is 5. The van der Waals surface area contributed by atoms with E-state index in [-0.39, 0.29) is 24.0 Å². The molecular formula is C33H33Cl2N5O2. The molecule has 0 spiro atoms. The highest BCUT2D eigenvalue weighted by molar-refractivity contribution is 6.36. The van der Waals surface area contributed by atoms with Crippen LogP contribution in [-0.2, 0) is 6.42 Å². The van der Waals surface area contributed by atoms with E-state index in [1.165, 1.54) is 16.0 Å². The summed E-state index contributed by atoms with van der Waals surface area (Å²) in [5.41, 5.74) is 4.59. The second-order valence-electron chi connectivity index (χ2n) is 11.2. The first-order valence-electron chi connectivity index (χ1n) is 14.3. The number of piperidine rings is 1. The molecule has 1 fully saturated rings. The van der Waals surface area contributed by atoms with Crippen LogP contribution in [0.15, 0.2) is 73.1 Å². The summed E-state index contributed by atoms with van der Waals surface area (Å²) in [4.78, 5) is 36.7. The number of amides is 3. The molecule has 3 amide bonds. The number of carbonyl (C=O) groups excluding carboxylic acids is 2. The van der Waals surface area contributed by atoms with Gasteiger partial charge in [0.15, 0.2) is 0 Å². The van der Waals surface area contributed by atoms with Crippen LogP contribution in [0.2, 0.25) is 10.0 Å². The maximum Gasteiger partial charge on any atom is 0.322 e. The Morgan fingerprint density at radius 2 is 1.74 bits per heavy atom. The molecule has 3 aromatic carbocycles. The van der Waals surface area contributed by atoms with Crippen LogP contribution in [0.25, 0.3) is 10.8 Å². The normalized spacial score (nSPS) is 16.8. The Balaban J connectivity index is 1.10. The molecule has 2 aliphatic rings. The Morgan fingerprint density at radius 1 is 0.929 bits per heavy atom. The van der Waals surface area contributed by atoms with Gasteiger partial charge in [-0.3, -0.25) is 14.7 Å². The van der Waals surface area contributed by atoms with Gasteiger partial charge in [0.25, 0.3) is 5.91 Å². The standard InChI is InChI=1S/C33H33Cl2N5O2/c1-38(26-12-15-40(16-13-26)27-8-5-24-20-36-14-11-22(24)17-27)32(41)23-4-3-21-6-9-30(28(21)18-23)37-33(42)39(2)31-10-7-25(34)19-29(31)35/h3-5,7-8,10-11,14,17-20,26,30H,6,9,12-13,15-16H2,1-2H3,(H,37,42). The van der Waals surface area contributed by atoms with Gasteiger partial charge in [-0.15, -0.1) is 0 Å². The third kappa shape index (κ3) is 5.63. The number of nitrogens with one attached hydrogen (secondary N) is 1. The van der Waals surface area contributed by atoms with Crippen LogP contribution in [-0.4, -0.2) is 55.0 Å². The van der Waals surface area contributed by atoms with E-state index >= 15 is 0 Å². The van der Waals surface area contributed by atoms with Crippen molar-refractivity contribution in [2.24, 2.45) is 0 Å². The van der Waals surface area contributed by atoms with Crippen molar-refractivity contribution in [2.75, 3.05) is 37.0 Å². The third-order valence-electron chi connectivity index (χ3n) is 8.67. The number of urea groups is 1. The lowest BCUT2D eigenvalue weighted by Crippen LogP contribution is -2.45. The topological polar surface area (TPSA) is 68.8 Å². The van der Waals surface area contributed by atoms with Gasteiger partial charge >= 0.3 is 6.03 Å². The van der Waals surface area contributed by atoms with Gasteiger partial charge in [-0.2, -0.15) is 0 Å². The molecule has 0 bridgehead atoms. The van der Waals surface area contributed by atoms with Crippen LogP contribution in [0.5, 0.6) is 0 Å². The number of carbonyl (C=O) groups is 2. The molecule has 216 valence electrons. The Bertz CT molecular complexity index is 1650. The monoisotopic (exact) mass is 601 g/mol. The fraction of sp³-hybridized carbons (Fsp3) is 0.303. The number of aromatic nitrogens is 1. The maximum absolute atomic E-state index is 13.6. The van der Waals surface area contributed by atoms with Gasteiger partial charge in [-0.1, -0.05) is 35.3 Å². The van der Waals surface area contributed by atoms with Crippen molar-refractivity contribution in [3.8, 4) is 0 Å². The Kier molecular flexibility index (Phi) is 7.97. The van der Waals surface area contributed by atoms with E-state index in [1.54, 1.807) is 25.2 Å². The summed E-state index contributed by atoms with van der Waals surface area (Å²) in [6.07, 6.45) is 7.14. The number of hydrogen-bond acceptors (Lipinski definition) is 4. The number of halogens is 2. The van der Waals surface area contributed by atoms with E-state index in [9.17, 15) is 9.59 Å². The summed E-state index contributed by atoms with van der Waals surface area (Å²) in [5, 5.41) is 6.36. The van der Waals surface area contributed by atoms with Crippen LogP contribution in [0.4, 0.5) is 16.2 Å². The van der Waals surface area contributed by atoms with Crippen LogP contribution >= 0.6 is 23.2 Å². The first-order valence-corrected chi connectivity index (χ1v) is 15.0. The first kappa shape index (κ1) is 28.3. The van der Waals surface area contributed by atoms with Gasteiger partial charge in [0.05, 0.1) is 16.8 Å². The number of pyridine rings is 1. The molecule has 7 nitrogen and oxygen atoms in total. The smallest absolute Gasteiger partial charge is 0.322 e. The van der Waals surface area contributed by atoms with Crippen molar-refractivity contribution in [1.82, 2.24) is 15.2 Å². The molecular weight excluding hydrogens is 569 g/mol. The highest BCUT2D eigenvalue weighted by Gasteiger charge is 2.30. The largest absolute Gasteiger partial charge is 0.371 e. The summed E-state index contributed by atoms with van der Waals surface area (Å²) in [7, 11) is 3.58. The summed E-state index contributed by atoms with van der Waals surface area (Å²) in [5.74, 6) is 0.0106. The predicted molar refractivity (Wildman–Crippen MR) is 170 cm³/mol. The van der Waals surface area contributed by atoms with Crippen LogP contribution < -0.4 is 15.1 Å². The number of anilines is 2. The summed E-state index contributed by atoms with van der Waals surface area (Å²) in [6.45, 7) is 1.78. The number of nitrogens with zero attached hydrogens (tertiary/aromatic N) is 4. The number of aryl methyl sites for hydroxylation is 1. The third-order valence-corrected chi connectivity index (χ3v) is 9.20. The summed E-state index contributed by atoms with van der Waals surface area (Å²) >= 11 is 12.3.